The maximum Gasteiger partial charge on any atom is 0.191 e. The second-order valence-electron chi connectivity index (χ2n) is 7.33. The molecule has 0 aliphatic heterocycles. The van der Waals surface area contributed by atoms with Crippen molar-refractivity contribution in [3.05, 3.63) is 65.7 Å². The highest BCUT2D eigenvalue weighted by Gasteiger charge is 2.45. The Morgan fingerprint density at radius 1 is 1.14 bits per heavy atom. The fourth-order valence-electron chi connectivity index (χ4n) is 3.55. The average molecular weight is 379 g/mol. The zero-order chi connectivity index (χ0) is 19.4. The van der Waals surface area contributed by atoms with Gasteiger partial charge >= 0.3 is 0 Å². The first-order valence-electron chi connectivity index (χ1n) is 9.91. The molecule has 0 saturated heterocycles. The highest BCUT2D eigenvalue weighted by Crippen LogP contribution is 2.49. The summed E-state index contributed by atoms with van der Waals surface area (Å²) in [6.07, 6.45) is 2.74. The number of halogens is 1. The number of hydrogen-bond acceptors (Lipinski definition) is 2. The van der Waals surface area contributed by atoms with Crippen molar-refractivity contribution >= 4 is 17.0 Å². The molecule has 146 valence electrons. The third kappa shape index (κ3) is 4.01. The van der Waals surface area contributed by atoms with Crippen LogP contribution in [0.3, 0.4) is 0 Å². The van der Waals surface area contributed by atoms with E-state index in [-0.39, 0.29) is 11.2 Å². The molecule has 1 fully saturated rings. The second kappa shape index (κ2) is 8.00. The number of imidazole rings is 1. The van der Waals surface area contributed by atoms with Gasteiger partial charge in [0, 0.05) is 24.9 Å². The Morgan fingerprint density at radius 2 is 1.93 bits per heavy atom. The fourth-order valence-corrected chi connectivity index (χ4v) is 3.55. The second-order valence-corrected chi connectivity index (χ2v) is 7.33. The average Bonchev–Trinajstić information content (AvgIpc) is 3.37. The van der Waals surface area contributed by atoms with Crippen LogP contribution in [0.25, 0.3) is 11.0 Å². The van der Waals surface area contributed by atoms with Gasteiger partial charge in [0.25, 0.3) is 0 Å². The van der Waals surface area contributed by atoms with Crippen LogP contribution in [0.2, 0.25) is 0 Å². The van der Waals surface area contributed by atoms with Crippen molar-refractivity contribution in [2.45, 2.75) is 31.6 Å². The lowest BCUT2D eigenvalue weighted by Crippen LogP contribution is -2.39. The van der Waals surface area contributed by atoms with E-state index in [4.69, 9.17) is 4.99 Å². The van der Waals surface area contributed by atoms with Crippen molar-refractivity contribution in [1.29, 1.82) is 0 Å². The molecule has 1 heterocycles. The van der Waals surface area contributed by atoms with Gasteiger partial charge < -0.3 is 15.6 Å². The van der Waals surface area contributed by atoms with E-state index in [0.29, 0.717) is 6.54 Å². The first-order chi connectivity index (χ1) is 13.7. The lowest BCUT2D eigenvalue weighted by Gasteiger charge is -2.16. The van der Waals surface area contributed by atoms with Gasteiger partial charge in [-0.25, -0.2) is 9.37 Å². The first-order valence-corrected chi connectivity index (χ1v) is 9.91. The number of H-pyrrole nitrogens is 1. The van der Waals surface area contributed by atoms with Gasteiger partial charge in [0.2, 0.25) is 0 Å². The van der Waals surface area contributed by atoms with Crippen LogP contribution in [-0.2, 0) is 11.8 Å². The lowest BCUT2D eigenvalue weighted by atomic mass is 9.95. The SMILES string of the molecule is CCNC(=NCC1(c2ccccc2F)CC1)NCCc1nc2ccccc2[nH]1. The summed E-state index contributed by atoms with van der Waals surface area (Å²) in [5.41, 5.74) is 2.68. The standard InChI is InChI=1S/C22H26FN5/c1-2-24-21(25-14-11-20-27-18-9-5-6-10-19(18)28-20)26-15-22(12-13-22)16-7-3-4-8-17(16)23/h3-10H,2,11-15H2,1H3,(H,27,28)(H2,24,25,26). The molecule has 1 aliphatic carbocycles. The van der Waals surface area contributed by atoms with Crippen LogP contribution in [0.1, 0.15) is 31.2 Å². The van der Waals surface area contributed by atoms with Gasteiger partial charge in [-0.15, -0.1) is 0 Å². The topological polar surface area (TPSA) is 65.1 Å². The third-order valence-electron chi connectivity index (χ3n) is 5.28. The predicted octanol–water partition coefficient (Wildman–Crippen LogP) is 3.53. The van der Waals surface area contributed by atoms with Gasteiger partial charge in [-0.05, 0) is 43.5 Å². The Kier molecular flexibility index (Phi) is 5.28. The van der Waals surface area contributed by atoms with E-state index in [1.54, 1.807) is 6.07 Å². The summed E-state index contributed by atoms with van der Waals surface area (Å²) in [7, 11) is 0. The first kappa shape index (κ1) is 18.5. The van der Waals surface area contributed by atoms with E-state index in [2.05, 4.69) is 20.6 Å². The molecule has 0 radical (unpaired) electrons. The monoisotopic (exact) mass is 379 g/mol. The maximum atomic E-state index is 14.2. The molecule has 0 atom stereocenters. The fraction of sp³-hybridized carbons (Fsp3) is 0.364. The van der Waals surface area contributed by atoms with Gasteiger partial charge in [-0.2, -0.15) is 0 Å². The van der Waals surface area contributed by atoms with Crippen LogP contribution in [0, 0.1) is 5.82 Å². The van der Waals surface area contributed by atoms with Gasteiger partial charge in [0.1, 0.15) is 11.6 Å². The number of fused-ring (bicyclic) bond motifs is 1. The molecule has 0 unspecified atom stereocenters. The number of rotatable bonds is 7. The van der Waals surface area contributed by atoms with Crippen molar-refractivity contribution in [3.63, 3.8) is 0 Å². The van der Waals surface area contributed by atoms with Crippen LogP contribution in [0.5, 0.6) is 0 Å². The van der Waals surface area contributed by atoms with Gasteiger partial charge in [0.05, 0.1) is 17.6 Å². The van der Waals surface area contributed by atoms with Crippen molar-refractivity contribution in [2.24, 2.45) is 4.99 Å². The Labute approximate surface area is 164 Å². The molecular weight excluding hydrogens is 353 g/mol. The zero-order valence-corrected chi connectivity index (χ0v) is 16.1. The number of nitrogens with one attached hydrogen (secondary N) is 3. The summed E-state index contributed by atoms with van der Waals surface area (Å²) in [5, 5.41) is 6.64. The number of guanidine groups is 1. The summed E-state index contributed by atoms with van der Waals surface area (Å²) in [6.45, 7) is 4.13. The molecule has 0 bridgehead atoms. The van der Waals surface area contributed by atoms with Crippen LogP contribution >= 0.6 is 0 Å². The normalized spacial score (nSPS) is 15.6. The minimum atomic E-state index is -0.146. The summed E-state index contributed by atoms with van der Waals surface area (Å²) in [5.74, 6) is 1.59. The minimum absolute atomic E-state index is 0.127. The molecular formula is C22H26FN5. The van der Waals surface area contributed by atoms with E-state index >= 15 is 0 Å². The Hall–Kier alpha value is -2.89. The molecule has 28 heavy (non-hydrogen) atoms. The van der Waals surface area contributed by atoms with Crippen LogP contribution < -0.4 is 10.6 Å². The molecule has 1 aliphatic rings. The Bertz CT molecular complexity index is 941. The predicted molar refractivity (Wildman–Crippen MR) is 111 cm³/mol. The molecule has 0 amide bonds. The van der Waals surface area contributed by atoms with Crippen LogP contribution in [0.15, 0.2) is 53.5 Å². The minimum Gasteiger partial charge on any atom is -0.357 e. The summed E-state index contributed by atoms with van der Waals surface area (Å²) in [6, 6.07) is 15.1. The van der Waals surface area contributed by atoms with E-state index in [9.17, 15) is 4.39 Å². The Morgan fingerprint density at radius 3 is 2.68 bits per heavy atom. The molecule has 0 spiro atoms. The van der Waals surface area contributed by atoms with E-state index < -0.39 is 0 Å². The number of benzene rings is 2. The summed E-state index contributed by atoms with van der Waals surface area (Å²) >= 11 is 0. The molecule has 4 rings (SSSR count). The number of nitrogens with zero attached hydrogens (tertiary/aromatic N) is 2. The third-order valence-corrected chi connectivity index (χ3v) is 5.28. The number of aromatic amines is 1. The molecule has 1 aromatic heterocycles. The van der Waals surface area contributed by atoms with Crippen LogP contribution in [-0.4, -0.2) is 35.6 Å². The molecule has 3 aromatic rings. The summed E-state index contributed by atoms with van der Waals surface area (Å²) in [4.78, 5) is 12.7. The molecule has 3 N–H and O–H groups in total. The number of hydrogen-bond donors (Lipinski definition) is 3. The number of para-hydroxylation sites is 2. The van der Waals surface area contributed by atoms with Crippen molar-refractivity contribution in [1.82, 2.24) is 20.6 Å². The maximum absolute atomic E-state index is 14.2. The molecule has 6 heteroatoms. The zero-order valence-electron chi connectivity index (χ0n) is 16.1. The highest BCUT2D eigenvalue weighted by atomic mass is 19.1. The number of aromatic nitrogens is 2. The van der Waals surface area contributed by atoms with Crippen LogP contribution in [0.4, 0.5) is 4.39 Å². The van der Waals surface area contributed by atoms with Gasteiger partial charge in [0.15, 0.2) is 5.96 Å². The highest BCUT2D eigenvalue weighted by molar-refractivity contribution is 5.80. The van der Waals surface area contributed by atoms with Gasteiger partial charge in [-0.1, -0.05) is 30.3 Å². The van der Waals surface area contributed by atoms with Crippen molar-refractivity contribution in [3.8, 4) is 0 Å². The Balaban J connectivity index is 1.37. The molecule has 1 saturated carbocycles. The summed E-state index contributed by atoms with van der Waals surface area (Å²) < 4.78 is 14.2. The smallest absolute Gasteiger partial charge is 0.191 e. The molecule has 5 nitrogen and oxygen atoms in total. The quantitative estimate of drug-likeness (QED) is 0.435. The lowest BCUT2D eigenvalue weighted by molar-refractivity contribution is 0.572. The van der Waals surface area contributed by atoms with Gasteiger partial charge in [-0.3, -0.25) is 4.99 Å². The largest absolute Gasteiger partial charge is 0.357 e. The van der Waals surface area contributed by atoms with E-state index in [1.807, 2.05) is 43.3 Å². The van der Waals surface area contributed by atoms with Crippen molar-refractivity contribution < 1.29 is 4.39 Å². The van der Waals surface area contributed by atoms with E-state index in [1.165, 1.54) is 6.07 Å². The number of aliphatic imine (C=N–C) groups is 1. The molecule has 2 aromatic carbocycles. The van der Waals surface area contributed by atoms with E-state index in [0.717, 1.165) is 60.7 Å². The van der Waals surface area contributed by atoms with Crippen molar-refractivity contribution in [2.75, 3.05) is 19.6 Å².